The summed E-state index contributed by atoms with van der Waals surface area (Å²) in [5.41, 5.74) is 1.06. The molecule has 0 aliphatic carbocycles. The molecule has 108 valence electrons. The van der Waals surface area contributed by atoms with E-state index in [9.17, 15) is 14.9 Å². The van der Waals surface area contributed by atoms with Crippen LogP contribution in [-0.4, -0.2) is 40.9 Å². The van der Waals surface area contributed by atoms with Crippen LogP contribution in [-0.2, 0) is 0 Å². The first kappa shape index (κ1) is 14.5. The molecule has 2 atom stereocenters. The van der Waals surface area contributed by atoms with Gasteiger partial charge in [0.1, 0.15) is 0 Å². The Hall–Kier alpha value is -1.95. The minimum atomic E-state index is -0.431. The summed E-state index contributed by atoms with van der Waals surface area (Å²) in [6.45, 7) is 7.13. The van der Waals surface area contributed by atoms with Crippen molar-refractivity contribution in [1.29, 1.82) is 0 Å². The van der Waals surface area contributed by atoms with E-state index in [1.165, 1.54) is 12.1 Å². The molecule has 1 N–H and O–H groups in total. The molecule has 2 rings (SSSR count). The van der Waals surface area contributed by atoms with Crippen LogP contribution >= 0.6 is 0 Å². The Kier molecular flexibility index (Phi) is 4.04. The minimum absolute atomic E-state index is 0.0447. The first-order valence-electron chi connectivity index (χ1n) is 6.71. The second-order valence-electron chi connectivity index (χ2n) is 5.24. The monoisotopic (exact) mass is 277 g/mol. The lowest BCUT2D eigenvalue weighted by molar-refractivity contribution is -0.385. The normalized spacial score (nSPS) is 22.6. The number of piperazine rings is 1. The van der Waals surface area contributed by atoms with Crippen molar-refractivity contribution >= 4 is 11.6 Å². The zero-order valence-corrected chi connectivity index (χ0v) is 11.9. The summed E-state index contributed by atoms with van der Waals surface area (Å²) in [5, 5.41) is 14.1. The highest BCUT2D eigenvalue weighted by molar-refractivity contribution is 5.95. The average Bonchev–Trinajstić information content (AvgIpc) is 2.40. The summed E-state index contributed by atoms with van der Waals surface area (Å²) in [6.07, 6.45) is 0. The van der Waals surface area contributed by atoms with Gasteiger partial charge >= 0.3 is 0 Å². The molecule has 1 aliphatic rings. The number of nitrogens with zero attached hydrogens (tertiary/aromatic N) is 2. The molecule has 2 unspecified atom stereocenters. The summed E-state index contributed by atoms with van der Waals surface area (Å²) in [5.74, 6) is -0.0659. The van der Waals surface area contributed by atoms with Gasteiger partial charge in [-0.15, -0.1) is 0 Å². The third-order valence-electron chi connectivity index (χ3n) is 3.94. The van der Waals surface area contributed by atoms with Gasteiger partial charge in [0.2, 0.25) is 0 Å². The Morgan fingerprint density at radius 1 is 1.45 bits per heavy atom. The maximum Gasteiger partial charge on any atom is 0.272 e. The van der Waals surface area contributed by atoms with E-state index in [0.29, 0.717) is 17.7 Å². The zero-order valence-electron chi connectivity index (χ0n) is 11.9. The Morgan fingerprint density at radius 2 is 2.15 bits per heavy atom. The fourth-order valence-electron chi connectivity index (χ4n) is 2.50. The van der Waals surface area contributed by atoms with Gasteiger partial charge in [-0.3, -0.25) is 14.9 Å². The number of hydrogen-bond donors (Lipinski definition) is 1. The molecule has 6 nitrogen and oxygen atoms in total. The molecule has 1 amide bonds. The van der Waals surface area contributed by atoms with Gasteiger partial charge in [-0.2, -0.15) is 0 Å². The maximum atomic E-state index is 12.5. The molecule has 1 aromatic rings. The SMILES string of the molecule is Cc1cc(C(=O)N2CCNC(C)C2C)ccc1[N+](=O)[O-]. The molecule has 0 aromatic heterocycles. The number of carbonyl (C=O) groups excluding carboxylic acids is 1. The zero-order chi connectivity index (χ0) is 14.9. The van der Waals surface area contributed by atoms with Gasteiger partial charge in [-0.25, -0.2) is 0 Å². The molecule has 0 bridgehead atoms. The molecule has 1 fully saturated rings. The predicted octanol–water partition coefficient (Wildman–Crippen LogP) is 1.73. The molecule has 1 aliphatic heterocycles. The van der Waals surface area contributed by atoms with Gasteiger partial charge in [0.15, 0.2) is 0 Å². The van der Waals surface area contributed by atoms with Crippen molar-refractivity contribution in [2.24, 2.45) is 0 Å². The Labute approximate surface area is 117 Å². The van der Waals surface area contributed by atoms with Gasteiger partial charge in [-0.05, 0) is 32.9 Å². The molecule has 0 spiro atoms. The van der Waals surface area contributed by atoms with Crippen LogP contribution in [0.2, 0.25) is 0 Å². The number of nitrogens with one attached hydrogen (secondary N) is 1. The van der Waals surface area contributed by atoms with Crippen LogP contribution in [0.3, 0.4) is 0 Å². The van der Waals surface area contributed by atoms with Crippen LogP contribution in [0.5, 0.6) is 0 Å². The molecule has 20 heavy (non-hydrogen) atoms. The molecule has 1 heterocycles. The third-order valence-corrected chi connectivity index (χ3v) is 3.94. The van der Waals surface area contributed by atoms with E-state index in [0.717, 1.165) is 6.54 Å². The standard InChI is InChI=1S/C14H19N3O3/c1-9-8-12(4-5-13(9)17(19)20)14(18)16-7-6-15-10(2)11(16)3/h4-5,8,10-11,15H,6-7H2,1-3H3. The second kappa shape index (κ2) is 5.58. The van der Waals surface area contributed by atoms with Crippen LogP contribution in [0, 0.1) is 17.0 Å². The maximum absolute atomic E-state index is 12.5. The number of nitro groups is 1. The van der Waals surface area contributed by atoms with E-state index in [-0.39, 0.29) is 23.7 Å². The summed E-state index contributed by atoms with van der Waals surface area (Å²) in [4.78, 5) is 24.7. The topological polar surface area (TPSA) is 75.5 Å². The summed E-state index contributed by atoms with van der Waals surface area (Å²) >= 11 is 0. The highest BCUT2D eigenvalue weighted by Crippen LogP contribution is 2.21. The van der Waals surface area contributed by atoms with Gasteiger partial charge < -0.3 is 10.2 Å². The van der Waals surface area contributed by atoms with E-state index in [4.69, 9.17) is 0 Å². The number of rotatable bonds is 2. The number of amides is 1. The first-order chi connectivity index (χ1) is 9.41. The van der Waals surface area contributed by atoms with Crippen LogP contribution in [0.4, 0.5) is 5.69 Å². The molecule has 1 aromatic carbocycles. The summed E-state index contributed by atoms with van der Waals surface area (Å²) in [7, 11) is 0. The predicted molar refractivity (Wildman–Crippen MR) is 75.8 cm³/mol. The second-order valence-corrected chi connectivity index (χ2v) is 5.24. The van der Waals surface area contributed by atoms with Gasteiger partial charge in [0.25, 0.3) is 11.6 Å². The smallest absolute Gasteiger partial charge is 0.272 e. The van der Waals surface area contributed by atoms with Crippen molar-refractivity contribution in [2.45, 2.75) is 32.9 Å². The lowest BCUT2D eigenvalue weighted by Gasteiger charge is -2.38. The van der Waals surface area contributed by atoms with E-state index in [1.54, 1.807) is 13.0 Å². The fraction of sp³-hybridized carbons (Fsp3) is 0.500. The number of nitro benzene ring substituents is 1. The van der Waals surface area contributed by atoms with E-state index >= 15 is 0 Å². The highest BCUT2D eigenvalue weighted by atomic mass is 16.6. The third kappa shape index (κ3) is 2.65. The van der Waals surface area contributed by atoms with E-state index in [2.05, 4.69) is 5.32 Å². The largest absolute Gasteiger partial charge is 0.333 e. The number of benzene rings is 1. The molecular weight excluding hydrogens is 258 g/mol. The van der Waals surface area contributed by atoms with Crippen molar-refractivity contribution < 1.29 is 9.72 Å². The van der Waals surface area contributed by atoms with Crippen LogP contribution in [0.1, 0.15) is 29.8 Å². The van der Waals surface area contributed by atoms with Crippen LogP contribution in [0.25, 0.3) is 0 Å². The lowest BCUT2D eigenvalue weighted by atomic mass is 10.0. The summed E-state index contributed by atoms with van der Waals surface area (Å²) < 4.78 is 0. The van der Waals surface area contributed by atoms with Crippen molar-refractivity contribution in [3.05, 3.63) is 39.4 Å². The van der Waals surface area contributed by atoms with Crippen molar-refractivity contribution in [3.63, 3.8) is 0 Å². The van der Waals surface area contributed by atoms with Gasteiger partial charge in [0, 0.05) is 42.4 Å². The highest BCUT2D eigenvalue weighted by Gasteiger charge is 2.29. The Balaban J connectivity index is 2.25. The van der Waals surface area contributed by atoms with Crippen molar-refractivity contribution in [2.75, 3.05) is 13.1 Å². The van der Waals surface area contributed by atoms with Gasteiger partial charge in [0.05, 0.1) is 4.92 Å². The van der Waals surface area contributed by atoms with Crippen LogP contribution < -0.4 is 5.32 Å². The first-order valence-corrected chi connectivity index (χ1v) is 6.71. The lowest BCUT2D eigenvalue weighted by Crippen LogP contribution is -2.57. The van der Waals surface area contributed by atoms with Crippen molar-refractivity contribution in [3.8, 4) is 0 Å². The quantitative estimate of drug-likeness (QED) is 0.659. The Morgan fingerprint density at radius 3 is 2.75 bits per heavy atom. The number of carbonyl (C=O) groups is 1. The molecule has 1 saturated heterocycles. The fourth-order valence-corrected chi connectivity index (χ4v) is 2.50. The number of aryl methyl sites for hydroxylation is 1. The molecule has 0 saturated carbocycles. The summed E-state index contributed by atoms with van der Waals surface area (Å²) in [6, 6.07) is 4.88. The average molecular weight is 277 g/mol. The number of hydrogen-bond acceptors (Lipinski definition) is 4. The van der Waals surface area contributed by atoms with Crippen LogP contribution in [0.15, 0.2) is 18.2 Å². The molecular formula is C14H19N3O3. The molecule has 0 radical (unpaired) electrons. The van der Waals surface area contributed by atoms with E-state index in [1.807, 2.05) is 18.7 Å². The minimum Gasteiger partial charge on any atom is -0.333 e. The van der Waals surface area contributed by atoms with Crippen molar-refractivity contribution in [1.82, 2.24) is 10.2 Å². The van der Waals surface area contributed by atoms with E-state index < -0.39 is 4.92 Å². The Bertz CT molecular complexity index is 544. The van der Waals surface area contributed by atoms with Gasteiger partial charge in [-0.1, -0.05) is 0 Å². The molecule has 6 heteroatoms.